The predicted octanol–water partition coefficient (Wildman–Crippen LogP) is 3.05. The molecule has 0 unspecified atom stereocenters. The smallest absolute Gasteiger partial charge is 0.343 e. The fraction of sp³-hybridized carbons (Fsp3) is 0. The summed E-state index contributed by atoms with van der Waals surface area (Å²) in [4.78, 5) is 11.6. The summed E-state index contributed by atoms with van der Waals surface area (Å²) in [5.74, 6) is -1.01. The van der Waals surface area contributed by atoms with Crippen molar-refractivity contribution >= 4 is 24.1 Å². The molecule has 2 N–H and O–H groups in total. The van der Waals surface area contributed by atoms with Gasteiger partial charge in [-0.2, -0.15) is 0 Å². The molecule has 0 fully saturated rings. The van der Waals surface area contributed by atoms with Crippen LogP contribution in [0.25, 0.3) is 0 Å². The van der Waals surface area contributed by atoms with E-state index in [-0.39, 0.29) is 23.8 Å². The van der Waals surface area contributed by atoms with Crippen LogP contribution in [0.5, 0.6) is 5.75 Å². The highest BCUT2D eigenvalue weighted by Crippen LogP contribution is 2.19. The summed E-state index contributed by atoms with van der Waals surface area (Å²) >= 11 is 0. The molecule has 0 aliphatic carbocycles. The highest BCUT2D eigenvalue weighted by Gasteiger charge is 2.08. The summed E-state index contributed by atoms with van der Waals surface area (Å²) in [6.45, 7) is 0. The number of carbonyl (C=O) groups excluding carboxylic acids is 1. The number of anilines is 1. The van der Waals surface area contributed by atoms with E-state index < -0.39 is 11.8 Å². The summed E-state index contributed by atoms with van der Waals surface area (Å²) < 4.78 is 18.1. The van der Waals surface area contributed by atoms with Crippen molar-refractivity contribution < 1.29 is 13.9 Å². The third-order valence-electron chi connectivity index (χ3n) is 2.19. The number of nitrogens with two attached hydrogens (primary N) is 1. The molecule has 0 saturated carbocycles. The van der Waals surface area contributed by atoms with Gasteiger partial charge in [0.05, 0.1) is 11.3 Å². The first-order chi connectivity index (χ1) is 8.16. The second-order valence-corrected chi connectivity index (χ2v) is 3.44. The fourth-order valence-electron chi connectivity index (χ4n) is 1.31. The molecular formula is C13H11ClFNO2. The molecule has 0 aliphatic heterocycles. The summed E-state index contributed by atoms with van der Waals surface area (Å²) in [7, 11) is 0. The van der Waals surface area contributed by atoms with E-state index in [0.717, 1.165) is 6.07 Å². The van der Waals surface area contributed by atoms with Crippen molar-refractivity contribution in [2.45, 2.75) is 0 Å². The van der Waals surface area contributed by atoms with Crippen LogP contribution < -0.4 is 10.5 Å². The quantitative estimate of drug-likeness (QED) is 0.517. The molecule has 2 rings (SSSR count). The van der Waals surface area contributed by atoms with Crippen molar-refractivity contribution in [3.8, 4) is 5.75 Å². The third-order valence-corrected chi connectivity index (χ3v) is 2.19. The number of hydrogen-bond acceptors (Lipinski definition) is 3. The average Bonchev–Trinajstić information content (AvgIpc) is 2.35. The van der Waals surface area contributed by atoms with Gasteiger partial charge in [0.15, 0.2) is 0 Å². The Kier molecular flexibility index (Phi) is 4.68. The van der Waals surface area contributed by atoms with Gasteiger partial charge in [-0.1, -0.05) is 18.2 Å². The lowest BCUT2D eigenvalue weighted by molar-refractivity contribution is 0.0734. The zero-order chi connectivity index (χ0) is 12.3. The molecule has 94 valence electrons. The molecule has 0 spiro atoms. The number of hydrogen-bond donors (Lipinski definition) is 1. The number of benzene rings is 2. The van der Waals surface area contributed by atoms with Crippen LogP contribution in [-0.2, 0) is 0 Å². The number of carbonyl (C=O) groups is 1. The SMILES string of the molecule is Cl.Nc1ccc(OC(=O)c2ccccc2)cc1F. The molecule has 0 aliphatic rings. The highest BCUT2D eigenvalue weighted by atomic mass is 35.5. The van der Waals surface area contributed by atoms with Crippen LogP contribution in [0.1, 0.15) is 10.4 Å². The number of esters is 1. The van der Waals surface area contributed by atoms with Gasteiger partial charge >= 0.3 is 5.97 Å². The Balaban J connectivity index is 0.00000162. The Labute approximate surface area is 110 Å². The molecule has 0 saturated heterocycles. The number of halogens is 2. The van der Waals surface area contributed by atoms with Crippen LogP contribution in [0.3, 0.4) is 0 Å². The molecule has 5 heteroatoms. The lowest BCUT2D eigenvalue weighted by Gasteiger charge is -2.05. The van der Waals surface area contributed by atoms with E-state index in [2.05, 4.69) is 0 Å². The fourth-order valence-corrected chi connectivity index (χ4v) is 1.31. The molecule has 0 amide bonds. The zero-order valence-electron chi connectivity index (χ0n) is 9.30. The van der Waals surface area contributed by atoms with Crippen LogP contribution in [0, 0.1) is 5.82 Å². The summed E-state index contributed by atoms with van der Waals surface area (Å²) in [6.07, 6.45) is 0. The van der Waals surface area contributed by atoms with Gasteiger partial charge in [0.25, 0.3) is 0 Å². The molecular weight excluding hydrogens is 257 g/mol. The lowest BCUT2D eigenvalue weighted by Crippen LogP contribution is -2.08. The van der Waals surface area contributed by atoms with Crippen LogP contribution >= 0.6 is 12.4 Å². The van der Waals surface area contributed by atoms with Gasteiger partial charge in [-0.05, 0) is 24.3 Å². The van der Waals surface area contributed by atoms with Crippen LogP contribution in [0.4, 0.5) is 10.1 Å². The first-order valence-electron chi connectivity index (χ1n) is 4.99. The number of ether oxygens (including phenoxy) is 1. The molecule has 18 heavy (non-hydrogen) atoms. The van der Waals surface area contributed by atoms with E-state index in [1.807, 2.05) is 0 Å². The minimum absolute atomic E-state index is 0. The second-order valence-electron chi connectivity index (χ2n) is 3.44. The monoisotopic (exact) mass is 267 g/mol. The van der Waals surface area contributed by atoms with E-state index in [1.165, 1.54) is 12.1 Å². The summed E-state index contributed by atoms with van der Waals surface area (Å²) in [6, 6.07) is 12.4. The van der Waals surface area contributed by atoms with Gasteiger partial charge in [0.2, 0.25) is 0 Å². The normalized spacial score (nSPS) is 9.39. The first kappa shape index (κ1) is 14.0. The van der Waals surface area contributed by atoms with Gasteiger partial charge in [0.1, 0.15) is 11.6 Å². The van der Waals surface area contributed by atoms with E-state index in [0.29, 0.717) is 5.56 Å². The molecule has 0 radical (unpaired) electrons. The minimum atomic E-state index is -0.608. The maximum atomic E-state index is 13.1. The minimum Gasteiger partial charge on any atom is -0.423 e. The Bertz CT molecular complexity index is 546. The average molecular weight is 268 g/mol. The standard InChI is InChI=1S/C13H10FNO2.ClH/c14-11-8-10(6-7-12(11)15)17-13(16)9-4-2-1-3-5-9;/h1-8H,15H2;1H. The van der Waals surface area contributed by atoms with Crippen LogP contribution in [-0.4, -0.2) is 5.97 Å². The topological polar surface area (TPSA) is 52.3 Å². The van der Waals surface area contributed by atoms with Crippen molar-refractivity contribution in [1.29, 1.82) is 0 Å². The van der Waals surface area contributed by atoms with Gasteiger partial charge in [0, 0.05) is 6.07 Å². The number of nitrogen functional groups attached to an aromatic ring is 1. The van der Waals surface area contributed by atoms with Crippen molar-refractivity contribution in [1.82, 2.24) is 0 Å². The lowest BCUT2D eigenvalue weighted by atomic mass is 10.2. The second kappa shape index (κ2) is 6.02. The molecule has 0 atom stereocenters. The van der Waals surface area contributed by atoms with E-state index in [9.17, 15) is 9.18 Å². The number of rotatable bonds is 2. The van der Waals surface area contributed by atoms with Gasteiger partial charge in [-0.25, -0.2) is 9.18 Å². The van der Waals surface area contributed by atoms with Crippen molar-refractivity contribution in [2.24, 2.45) is 0 Å². The molecule has 2 aromatic rings. The van der Waals surface area contributed by atoms with Crippen molar-refractivity contribution in [2.75, 3.05) is 5.73 Å². The first-order valence-corrected chi connectivity index (χ1v) is 4.99. The van der Waals surface area contributed by atoms with E-state index >= 15 is 0 Å². The van der Waals surface area contributed by atoms with Gasteiger partial charge < -0.3 is 10.5 Å². The van der Waals surface area contributed by atoms with Gasteiger partial charge in [-0.3, -0.25) is 0 Å². The van der Waals surface area contributed by atoms with Crippen molar-refractivity contribution in [3.63, 3.8) is 0 Å². The summed E-state index contributed by atoms with van der Waals surface area (Å²) in [5.41, 5.74) is 5.74. The molecule has 3 nitrogen and oxygen atoms in total. The van der Waals surface area contributed by atoms with E-state index in [1.54, 1.807) is 30.3 Å². The molecule has 0 aromatic heterocycles. The van der Waals surface area contributed by atoms with Crippen molar-refractivity contribution in [3.05, 3.63) is 59.9 Å². The molecule has 2 aromatic carbocycles. The Morgan fingerprint density at radius 2 is 1.78 bits per heavy atom. The Hall–Kier alpha value is -2.07. The van der Waals surface area contributed by atoms with E-state index in [4.69, 9.17) is 10.5 Å². The zero-order valence-corrected chi connectivity index (χ0v) is 10.1. The predicted molar refractivity (Wildman–Crippen MR) is 69.5 cm³/mol. The largest absolute Gasteiger partial charge is 0.423 e. The maximum absolute atomic E-state index is 13.1. The van der Waals surface area contributed by atoms with Crippen LogP contribution in [0.15, 0.2) is 48.5 Å². The highest BCUT2D eigenvalue weighted by molar-refractivity contribution is 5.91. The maximum Gasteiger partial charge on any atom is 0.343 e. The molecule has 0 bridgehead atoms. The Morgan fingerprint density at radius 1 is 1.11 bits per heavy atom. The Morgan fingerprint density at radius 3 is 2.39 bits per heavy atom. The van der Waals surface area contributed by atoms with Gasteiger partial charge in [-0.15, -0.1) is 12.4 Å². The summed E-state index contributed by atoms with van der Waals surface area (Å²) in [5, 5.41) is 0. The molecule has 0 heterocycles. The van der Waals surface area contributed by atoms with Crippen LogP contribution in [0.2, 0.25) is 0 Å². The third kappa shape index (κ3) is 3.21.